The van der Waals surface area contributed by atoms with Gasteiger partial charge in [0, 0.05) is 11.4 Å². The molecular weight excluding hydrogens is 244 g/mol. The molecule has 0 fully saturated rings. The molecule has 0 saturated heterocycles. The molecule has 1 N–H and O–H groups in total. The summed E-state index contributed by atoms with van der Waals surface area (Å²) in [7, 11) is 0. The number of aliphatic imine (C=N–C) groups is 1. The SMILES string of the molecule is CCOc1ccc(NC2=NC(CC)CCS2)cc1. The van der Waals surface area contributed by atoms with Crippen LogP contribution in [0.1, 0.15) is 26.7 Å². The van der Waals surface area contributed by atoms with Crippen molar-refractivity contribution in [1.82, 2.24) is 0 Å². The zero-order chi connectivity index (χ0) is 12.8. The van der Waals surface area contributed by atoms with E-state index in [9.17, 15) is 0 Å². The van der Waals surface area contributed by atoms with Crippen molar-refractivity contribution in [3.63, 3.8) is 0 Å². The number of thioether (sulfide) groups is 1. The van der Waals surface area contributed by atoms with Gasteiger partial charge in [-0.05, 0) is 44.0 Å². The highest BCUT2D eigenvalue weighted by Gasteiger charge is 2.13. The first-order valence-electron chi connectivity index (χ1n) is 6.52. The summed E-state index contributed by atoms with van der Waals surface area (Å²) in [5.41, 5.74) is 1.07. The van der Waals surface area contributed by atoms with E-state index in [-0.39, 0.29) is 0 Å². The topological polar surface area (TPSA) is 33.6 Å². The van der Waals surface area contributed by atoms with E-state index in [2.05, 4.69) is 12.2 Å². The molecule has 1 heterocycles. The highest BCUT2D eigenvalue weighted by Crippen LogP contribution is 2.22. The molecule has 3 nitrogen and oxygen atoms in total. The molecule has 98 valence electrons. The van der Waals surface area contributed by atoms with E-state index in [0.29, 0.717) is 12.6 Å². The van der Waals surface area contributed by atoms with E-state index >= 15 is 0 Å². The number of rotatable bonds is 4. The van der Waals surface area contributed by atoms with Crippen LogP contribution in [0.15, 0.2) is 29.3 Å². The number of amidine groups is 1. The number of nitrogens with one attached hydrogen (secondary N) is 1. The molecule has 1 aromatic rings. The van der Waals surface area contributed by atoms with Gasteiger partial charge in [0.2, 0.25) is 0 Å². The standard InChI is InChI=1S/C14H20N2OS/c1-3-11-9-10-18-14(15-11)16-12-5-7-13(8-6-12)17-4-2/h5-8,11H,3-4,9-10H2,1-2H3,(H,15,16). The first-order valence-corrected chi connectivity index (χ1v) is 7.51. The summed E-state index contributed by atoms with van der Waals surface area (Å²) in [6.45, 7) is 4.89. The first kappa shape index (κ1) is 13.3. The largest absolute Gasteiger partial charge is 0.494 e. The molecular formula is C14H20N2OS. The molecule has 0 amide bonds. The summed E-state index contributed by atoms with van der Waals surface area (Å²) in [6.07, 6.45) is 2.31. The fourth-order valence-corrected chi connectivity index (χ4v) is 2.84. The van der Waals surface area contributed by atoms with Crippen molar-refractivity contribution in [1.29, 1.82) is 0 Å². The van der Waals surface area contributed by atoms with Gasteiger partial charge in [0.1, 0.15) is 5.75 Å². The smallest absolute Gasteiger partial charge is 0.161 e. The molecule has 18 heavy (non-hydrogen) atoms. The highest BCUT2D eigenvalue weighted by atomic mass is 32.2. The Kier molecular flexibility index (Phi) is 4.93. The molecule has 0 saturated carbocycles. The maximum atomic E-state index is 5.42. The molecule has 0 aliphatic carbocycles. The van der Waals surface area contributed by atoms with Gasteiger partial charge < -0.3 is 10.1 Å². The number of ether oxygens (including phenoxy) is 1. The maximum absolute atomic E-state index is 5.42. The Morgan fingerprint density at radius 3 is 2.78 bits per heavy atom. The van der Waals surface area contributed by atoms with Crippen LogP contribution in [0.25, 0.3) is 0 Å². The molecule has 1 aliphatic rings. The van der Waals surface area contributed by atoms with Gasteiger partial charge in [-0.1, -0.05) is 18.7 Å². The van der Waals surface area contributed by atoms with Crippen molar-refractivity contribution in [2.24, 2.45) is 4.99 Å². The van der Waals surface area contributed by atoms with E-state index in [1.165, 1.54) is 6.42 Å². The third kappa shape index (κ3) is 3.67. The van der Waals surface area contributed by atoms with Gasteiger partial charge in [0.25, 0.3) is 0 Å². The van der Waals surface area contributed by atoms with Crippen molar-refractivity contribution < 1.29 is 4.74 Å². The summed E-state index contributed by atoms with van der Waals surface area (Å²) < 4.78 is 5.42. The van der Waals surface area contributed by atoms with E-state index in [4.69, 9.17) is 9.73 Å². The van der Waals surface area contributed by atoms with Crippen LogP contribution in [0, 0.1) is 0 Å². The molecule has 0 aromatic heterocycles. The van der Waals surface area contributed by atoms with Gasteiger partial charge in [0.05, 0.1) is 12.6 Å². The Morgan fingerprint density at radius 2 is 2.11 bits per heavy atom. The molecule has 0 radical (unpaired) electrons. The summed E-state index contributed by atoms with van der Waals surface area (Å²) >= 11 is 1.80. The summed E-state index contributed by atoms with van der Waals surface area (Å²) in [4.78, 5) is 4.69. The quantitative estimate of drug-likeness (QED) is 0.898. The van der Waals surface area contributed by atoms with Crippen molar-refractivity contribution in [2.45, 2.75) is 32.7 Å². The molecule has 0 spiro atoms. The van der Waals surface area contributed by atoms with Crippen LogP contribution in [0.5, 0.6) is 5.75 Å². The van der Waals surface area contributed by atoms with E-state index in [1.54, 1.807) is 11.8 Å². The van der Waals surface area contributed by atoms with E-state index < -0.39 is 0 Å². The third-order valence-electron chi connectivity index (χ3n) is 2.88. The van der Waals surface area contributed by atoms with Crippen LogP contribution in [-0.2, 0) is 0 Å². The molecule has 1 aliphatic heterocycles. The van der Waals surface area contributed by atoms with Crippen LogP contribution in [-0.4, -0.2) is 23.6 Å². The Bertz CT molecular complexity index is 403. The predicted molar refractivity (Wildman–Crippen MR) is 79.8 cm³/mol. The highest BCUT2D eigenvalue weighted by molar-refractivity contribution is 8.14. The second-order valence-corrected chi connectivity index (χ2v) is 5.30. The Morgan fingerprint density at radius 1 is 1.33 bits per heavy atom. The Hall–Kier alpha value is -1.16. The fourth-order valence-electron chi connectivity index (χ4n) is 1.85. The molecule has 1 atom stereocenters. The third-order valence-corrected chi connectivity index (χ3v) is 3.80. The van der Waals surface area contributed by atoms with Gasteiger partial charge in [-0.3, -0.25) is 4.99 Å². The molecule has 2 rings (SSSR count). The predicted octanol–water partition coefficient (Wildman–Crippen LogP) is 3.77. The lowest BCUT2D eigenvalue weighted by atomic mass is 10.2. The van der Waals surface area contributed by atoms with Crippen LogP contribution in [0.4, 0.5) is 5.69 Å². The molecule has 0 bridgehead atoms. The minimum atomic E-state index is 0.483. The maximum Gasteiger partial charge on any atom is 0.161 e. The summed E-state index contributed by atoms with van der Waals surface area (Å²) in [5.74, 6) is 2.06. The number of benzene rings is 1. The zero-order valence-electron chi connectivity index (χ0n) is 11.0. The molecule has 4 heteroatoms. The molecule has 1 aromatic carbocycles. The van der Waals surface area contributed by atoms with Gasteiger partial charge in [-0.2, -0.15) is 0 Å². The second-order valence-electron chi connectivity index (χ2n) is 4.22. The van der Waals surface area contributed by atoms with Crippen molar-refractivity contribution in [2.75, 3.05) is 17.7 Å². The Balaban J connectivity index is 1.98. The molecule has 1 unspecified atom stereocenters. The van der Waals surface area contributed by atoms with E-state index in [1.807, 2.05) is 31.2 Å². The monoisotopic (exact) mass is 264 g/mol. The van der Waals surface area contributed by atoms with Crippen LogP contribution >= 0.6 is 11.8 Å². The van der Waals surface area contributed by atoms with Gasteiger partial charge in [-0.25, -0.2) is 0 Å². The first-order chi connectivity index (χ1) is 8.81. The summed E-state index contributed by atoms with van der Waals surface area (Å²) in [5, 5.41) is 4.41. The summed E-state index contributed by atoms with van der Waals surface area (Å²) in [6, 6.07) is 8.51. The number of hydrogen-bond donors (Lipinski definition) is 1. The number of anilines is 1. The average Bonchev–Trinajstić information content (AvgIpc) is 2.42. The lowest BCUT2D eigenvalue weighted by Crippen LogP contribution is -2.19. The number of hydrogen-bond acceptors (Lipinski definition) is 4. The fraction of sp³-hybridized carbons (Fsp3) is 0.500. The minimum Gasteiger partial charge on any atom is -0.494 e. The van der Waals surface area contributed by atoms with Crippen LogP contribution < -0.4 is 10.1 Å². The van der Waals surface area contributed by atoms with Gasteiger partial charge in [0.15, 0.2) is 5.17 Å². The van der Waals surface area contributed by atoms with E-state index in [0.717, 1.165) is 28.8 Å². The van der Waals surface area contributed by atoms with Crippen molar-refractivity contribution in [3.8, 4) is 5.75 Å². The van der Waals surface area contributed by atoms with Crippen molar-refractivity contribution in [3.05, 3.63) is 24.3 Å². The lowest BCUT2D eigenvalue weighted by Gasteiger charge is -2.19. The van der Waals surface area contributed by atoms with Crippen LogP contribution in [0.2, 0.25) is 0 Å². The zero-order valence-corrected chi connectivity index (χ0v) is 11.8. The Labute approximate surface area is 113 Å². The normalized spacial score (nSPS) is 19.2. The van der Waals surface area contributed by atoms with Gasteiger partial charge >= 0.3 is 0 Å². The second kappa shape index (κ2) is 6.69. The van der Waals surface area contributed by atoms with Crippen molar-refractivity contribution >= 4 is 22.6 Å². The minimum absolute atomic E-state index is 0.483. The van der Waals surface area contributed by atoms with Gasteiger partial charge in [-0.15, -0.1) is 0 Å². The average molecular weight is 264 g/mol. The number of nitrogens with zero attached hydrogens (tertiary/aromatic N) is 1. The van der Waals surface area contributed by atoms with Crippen LogP contribution in [0.3, 0.4) is 0 Å². The lowest BCUT2D eigenvalue weighted by molar-refractivity contribution is 0.340.